The molecule has 0 unspecified atom stereocenters. The molecule has 0 aliphatic heterocycles. The molecule has 0 amide bonds. The molecule has 0 spiro atoms. The van der Waals surface area contributed by atoms with Crippen molar-refractivity contribution in [3.8, 4) is 0 Å². The highest BCUT2D eigenvalue weighted by Crippen LogP contribution is 2.04. The molecule has 0 saturated heterocycles. The number of hydrogen-bond donors (Lipinski definition) is 3. The molecule has 3 nitrogen and oxygen atoms in total. The maximum atomic E-state index is 7.67. The molecule has 0 aliphatic rings. The Morgan fingerprint density at radius 2 is 2.00 bits per heavy atom. The third-order valence-electron chi connectivity index (χ3n) is 1.92. The first-order valence-corrected chi connectivity index (χ1v) is 4.74. The molecule has 1 aromatic carbocycles. The van der Waals surface area contributed by atoms with Crippen molar-refractivity contribution in [2.45, 2.75) is 13.3 Å². The third kappa shape index (κ3) is 2.85. The van der Waals surface area contributed by atoms with Crippen LogP contribution >= 0.6 is 0 Å². The van der Waals surface area contributed by atoms with Crippen molar-refractivity contribution in [3.63, 3.8) is 0 Å². The Kier molecular flexibility index (Phi) is 4.13. The van der Waals surface area contributed by atoms with E-state index in [1.165, 1.54) is 5.56 Å². The topological polar surface area (TPSA) is 47.9 Å². The lowest BCUT2D eigenvalue weighted by atomic mass is 10.1. The standard InChI is InChI=1S/C11H16N3/c1-3-9-5-7-10(8-6-9)11(12)14-13-4-2/h5-8,13H,1,3-4H2,2H3,(H2,12,14). The first-order valence-electron chi connectivity index (χ1n) is 4.74. The van der Waals surface area contributed by atoms with Crippen LogP contribution in [0.3, 0.4) is 0 Å². The molecule has 0 saturated carbocycles. The van der Waals surface area contributed by atoms with E-state index in [0.29, 0.717) is 5.84 Å². The second-order valence-electron chi connectivity index (χ2n) is 2.98. The van der Waals surface area contributed by atoms with Gasteiger partial charge in [0, 0.05) is 12.1 Å². The molecule has 1 radical (unpaired) electrons. The maximum Gasteiger partial charge on any atom is 0.139 e. The molecule has 1 aromatic rings. The molecule has 0 atom stereocenters. The zero-order valence-electron chi connectivity index (χ0n) is 8.43. The monoisotopic (exact) mass is 190 g/mol. The van der Waals surface area contributed by atoms with Gasteiger partial charge >= 0.3 is 0 Å². The van der Waals surface area contributed by atoms with E-state index in [0.717, 1.165) is 18.5 Å². The molecule has 0 heterocycles. The fourth-order valence-corrected chi connectivity index (χ4v) is 1.09. The van der Waals surface area contributed by atoms with Crippen LogP contribution in [0.5, 0.6) is 0 Å². The van der Waals surface area contributed by atoms with Crippen LogP contribution in [0, 0.1) is 12.3 Å². The molecule has 0 fully saturated rings. The van der Waals surface area contributed by atoms with Crippen LogP contribution in [0.15, 0.2) is 24.3 Å². The lowest BCUT2D eigenvalue weighted by molar-refractivity contribution is 0.682. The molecule has 0 aliphatic carbocycles. The summed E-state index contributed by atoms with van der Waals surface area (Å²) in [6.07, 6.45) is 0.786. The molecule has 1 rings (SSSR count). The summed E-state index contributed by atoms with van der Waals surface area (Å²) in [5.74, 6) is 0.391. The highest BCUT2D eigenvalue weighted by molar-refractivity contribution is 5.95. The molecule has 75 valence electrons. The molecule has 0 aromatic heterocycles. The fraction of sp³-hybridized carbons (Fsp3) is 0.273. The second kappa shape index (κ2) is 5.40. The average molecular weight is 190 g/mol. The van der Waals surface area contributed by atoms with Gasteiger partial charge in [0.05, 0.1) is 0 Å². The van der Waals surface area contributed by atoms with Crippen molar-refractivity contribution in [3.05, 3.63) is 42.3 Å². The van der Waals surface area contributed by atoms with E-state index in [1.54, 1.807) is 0 Å². The summed E-state index contributed by atoms with van der Waals surface area (Å²) in [4.78, 5) is 0. The fourth-order valence-electron chi connectivity index (χ4n) is 1.09. The zero-order valence-corrected chi connectivity index (χ0v) is 8.43. The summed E-state index contributed by atoms with van der Waals surface area (Å²) in [7, 11) is 0. The van der Waals surface area contributed by atoms with Crippen molar-refractivity contribution in [2.24, 2.45) is 0 Å². The summed E-state index contributed by atoms with van der Waals surface area (Å²) in [5.41, 5.74) is 7.76. The number of amidine groups is 1. The van der Waals surface area contributed by atoms with Gasteiger partial charge in [-0.2, -0.15) is 0 Å². The molecular weight excluding hydrogens is 174 g/mol. The highest BCUT2D eigenvalue weighted by Gasteiger charge is 1.98. The van der Waals surface area contributed by atoms with Crippen molar-refractivity contribution in [1.29, 1.82) is 5.41 Å². The molecular formula is C11H16N3. The quantitative estimate of drug-likeness (QED) is 0.383. The summed E-state index contributed by atoms with van der Waals surface area (Å²) in [6.45, 7) is 6.57. The van der Waals surface area contributed by atoms with Crippen molar-refractivity contribution >= 4 is 5.84 Å². The number of hydrogen-bond acceptors (Lipinski definition) is 2. The van der Waals surface area contributed by atoms with E-state index in [4.69, 9.17) is 5.41 Å². The van der Waals surface area contributed by atoms with Crippen molar-refractivity contribution < 1.29 is 0 Å². The summed E-state index contributed by atoms with van der Waals surface area (Å²) in [5, 5.41) is 7.67. The highest BCUT2D eigenvalue weighted by atomic mass is 15.4. The van der Waals surface area contributed by atoms with E-state index in [9.17, 15) is 0 Å². The second-order valence-corrected chi connectivity index (χ2v) is 2.98. The van der Waals surface area contributed by atoms with Crippen molar-refractivity contribution in [2.75, 3.05) is 6.54 Å². The first-order chi connectivity index (χ1) is 6.77. The van der Waals surface area contributed by atoms with Gasteiger partial charge in [0.2, 0.25) is 0 Å². The largest absolute Gasteiger partial charge is 0.306 e. The minimum Gasteiger partial charge on any atom is -0.306 e. The number of nitrogens with one attached hydrogen (secondary N) is 3. The van der Waals surface area contributed by atoms with Crippen LogP contribution < -0.4 is 10.9 Å². The predicted octanol–water partition coefficient (Wildman–Crippen LogP) is 1.50. The average Bonchev–Trinajstić information content (AvgIpc) is 2.26. The zero-order chi connectivity index (χ0) is 10.4. The summed E-state index contributed by atoms with van der Waals surface area (Å²) in [6, 6.07) is 7.83. The SMILES string of the molecule is [CH2]Cc1ccc(C(=N)NNCC)cc1. The van der Waals surface area contributed by atoms with Gasteiger partial charge in [0.15, 0.2) is 0 Å². The number of hydrazine groups is 1. The van der Waals surface area contributed by atoms with Crippen LogP contribution in [-0.2, 0) is 6.42 Å². The summed E-state index contributed by atoms with van der Waals surface area (Å²) < 4.78 is 0. The molecule has 3 N–H and O–H groups in total. The Balaban J connectivity index is 2.62. The Hall–Kier alpha value is -1.35. The van der Waals surface area contributed by atoms with E-state index < -0.39 is 0 Å². The lowest BCUT2D eigenvalue weighted by Gasteiger charge is -2.08. The van der Waals surface area contributed by atoms with Gasteiger partial charge in [-0.05, 0) is 18.9 Å². The van der Waals surface area contributed by atoms with Crippen LogP contribution in [0.25, 0.3) is 0 Å². The van der Waals surface area contributed by atoms with E-state index in [1.807, 2.05) is 31.2 Å². The minimum absolute atomic E-state index is 0.391. The van der Waals surface area contributed by atoms with Gasteiger partial charge < -0.3 is 5.43 Å². The Morgan fingerprint density at radius 3 is 2.50 bits per heavy atom. The van der Waals surface area contributed by atoms with Crippen LogP contribution in [0.4, 0.5) is 0 Å². The summed E-state index contributed by atoms with van der Waals surface area (Å²) >= 11 is 0. The molecule has 0 bridgehead atoms. The Bertz CT molecular complexity index is 290. The first kappa shape index (κ1) is 10.7. The van der Waals surface area contributed by atoms with Crippen molar-refractivity contribution in [1.82, 2.24) is 10.9 Å². The minimum atomic E-state index is 0.391. The number of benzene rings is 1. The van der Waals surface area contributed by atoms with Gasteiger partial charge in [0.25, 0.3) is 0 Å². The van der Waals surface area contributed by atoms with Crippen LogP contribution in [0.2, 0.25) is 0 Å². The van der Waals surface area contributed by atoms with Gasteiger partial charge in [-0.1, -0.05) is 31.2 Å². The molecule has 3 heteroatoms. The van der Waals surface area contributed by atoms with E-state index >= 15 is 0 Å². The van der Waals surface area contributed by atoms with E-state index in [2.05, 4.69) is 17.8 Å². The smallest absolute Gasteiger partial charge is 0.139 e. The predicted molar refractivity (Wildman–Crippen MR) is 59.1 cm³/mol. The Labute approximate surface area is 85.0 Å². The van der Waals surface area contributed by atoms with Gasteiger partial charge in [0.1, 0.15) is 5.84 Å². The number of rotatable bonds is 4. The van der Waals surface area contributed by atoms with Gasteiger partial charge in [-0.15, -0.1) is 0 Å². The lowest BCUT2D eigenvalue weighted by Crippen LogP contribution is -2.37. The van der Waals surface area contributed by atoms with Gasteiger partial charge in [-0.25, -0.2) is 5.43 Å². The van der Waals surface area contributed by atoms with E-state index in [-0.39, 0.29) is 0 Å². The third-order valence-corrected chi connectivity index (χ3v) is 1.92. The maximum absolute atomic E-state index is 7.67. The Morgan fingerprint density at radius 1 is 1.36 bits per heavy atom. The van der Waals surface area contributed by atoms with Crippen LogP contribution in [-0.4, -0.2) is 12.4 Å². The van der Waals surface area contributed by atoms with Gasteiger partial charge in [-0.3, -0.25) is 5.41 Å². The normalized spacial score (nSPS) is 9.86. The molecule has 14 heavy (non-hydrogen) atoms. The van der Waals surface area contributed by atoms with Crippen LogP contribution in [0.1, 0.15) is 18.1 Å².